The number of nitrogens with one attached hydrogen (secondary N) is 1. The minimum absolute atomic E-state index is 0.00408. The topological polar surface area (TPSA) is 57.0 Å². The smallest absolute Gasteiger partial charge is 0.109 e. The second-order valence-electron chi connectivity index (χ2n) is 6.71. The van der Waals surface area contributed by atoms with Gasteiger partial charge < -0.3 is 5.11 Å². The van der Waals surface area contributed by atoms with E-state index in [1.54, 1.807) is 18.1 Å². The number of aryl methyl sites for hydroxylation is 2. The summed E-state index contributed by atoms with van der Waals surface area (Å²) < 4.78 is 0. The first-order valence-electron chi connectivity index (χ1n) is 8.22. The third kappa shape index (κ3) is 4.48. The number of thioether (sulfide) groups is 1. The lowest BCUT2D eigenvalue weighted by Crippen LogP contribution is -2.27. The molecule has 1 aromatic rings. The molecule has 0 saturated carbocycles. The normalized spacial score (nSPS) is 28.8. The van der Waals surface area contributed by atoms with E-state index in [0.717, 1.165) is 16.5 Å². The second-order valence-corrected chi connectivity index (χ2v) is 7.71. The molecule has 24 heavy (non-hydrogen) atoms. The van der Waals surface area contributed by atoms with E-state index >= 15 is 0 Å². The Kier molecular flexibility index (Phi) is 6.24. The highest BCUT2D eigenvalue weighted by molar-refractivity contribution is 8.14. The SMILES string of the molecule is CC1=C/C(C)(c2ccc(C)c(C)c2)CS/C(C(C)CO)=N\N/C=N\1. The number of benzene rings is 1. The van der Waals surface area contributed by atoms with Crippen molar-refractivity contribution in [3.63, 3.8) is 0 Å². The maximum absolute atomic E-state index is 9.46. The van der Waals surface area contributed by atoms with Gasteiger partial charge in [-0.1, -0.05) is 38.1 Å². The summed E-state index contributed by atoms with van der Waals surface area (Å²) in [7, 11) is 0. The molecule has 5 heteroatoms. The number of nitrogens with zero attached hydrogens (tertiary/aromatic N) is 2. The van der Waals surface area contributed by atoms with Gasteiger partial charge >= 0.3 is 0 Å². The lowest BCUT2D eigenvalue weighted by molar-refractivity contribution is 0.271. The molecule has 0 spiro atoms. The molecular formula is C19H27N3OS. The number of rotatable bonds is 3. The number of allylic oxidation sites excluding steroid dienone is 2. The van der Waals surface area contributed by atoms with Crippen LogP contribution < -0.4 is 5.43 Å². The molecule has 0 bridgehead atoms. The number of aliphatic hydroxyl groups is 1. The zero-order valence-corrected chi connectivity index (χ0v) is 15.9. The van der Waals surface area contributed by atoms with Gasteiger partial charge in [-0.15, -0.1) is 11.8 Å². The van der Waals surface area contributed by atoms with Crippen molar-refractivity contribution in [2.45, 2.75) is 40.0 Å². The van der Waals surface area contributed by atoms with Crippen LogP contribution >= 0.6 is 11.8 Å². The standard InChI is InChI=1S/C19H27N3OS/c1-13-6-7-17(8-14(13)2)19(5)9-16(4)20-12-21-22-18(24-11-19)15(3)10-23/h6-9,12,15,23H,10-11H2,1-5H3,(H,20,21)/b16-9-,22-18-. The van der Waals surface area contributed by atoms with Crippen molar-refractivity contribution < 1.29 is 5.11 Å². The molecule has 2 N–H and O–H groups in total. The van der Waals surface area contributed by atoms with Crippen LogP contribution in [0.3, 0.4) is 0 Å². The van der Waals surface area contributed by atoms with E-state index in [1.165, 1.54) is 16.7 Å². The lowest BCUT2D eigenvalue weighted by atomic mass is 9.82. The van der Waals surface area contributed by atoms with Gasteiger partial charge in [-0.2, -0.15) is 5.10 Å². The summed E-state index contributed by atoms with van der Waals surface area (Å²) >= 11 is 1.69. The quantitative estimate of drug-likeness (QED) is 0.877. The highest BCUT2D eigenvalue weighted by Crippen LogP contribution is 2.33. The van der Waals surface area contributed by atoms with Crippen LogP contribution in [0.2, 0.25) is 0 Å². The summed E-state index contributed by atoms with van der Waals surface area (Å²) in [5.41, 5.74) is 7.53. The maximum Gasteiger partial charge on any atom is 0.109 e. The van der Waals surface area contributed by atoms with Gasteiger partial charge in [0.25, 0.3) is 0 Å². The van der Waals surface area contributed by atoms with Gasteiger partial charge in [0.1, 0.15) is 6.34 Å². The van der Waals surface area contributed by atoms with Crippen molar-refractivity contribution in [3.05, 3.63) is 46.7 Å². The van der Waals surface area contributed by atoms with Gasteiger partial charge in [0.15, 0.2) is 0 Å². The molecular weight excluding hydrogens is 318 g/mol. The van der Waals surface area contributed by atoms with Crippen molar-refractivity contribution in [1.29, 1.82) is 0 Å². The summed E-state index contributed by atoms with van der Waals surface area (Å²) in [4.78, 5) is 4.41. The van der Waals surface area contributed by atoms with Crippen molar-refractivity contribution in [2.75, 3.05) is 12.4 Å². The molecule has 0 amide bonds. The van der Waals surface area contributed by atoms with Gasteiger partial charge in [-0.25, -0.2) is 4.99 Å². The molecule has 0 aliphatic carbocycles. The molecule has 0 radical (unpaired) electrons. The van der Waals surface area contributed by atoms with Crippen molar-refractivity contribution in [1.82, 2.24) is 5.43 Å². The minimum atomic E-state index is -0.155. The van der Waals surface area contributed by atoms with Crippen LogP contribution in [-0.2, 0) is 5.41 Å². The molecule has 0 saturated heterocycles. The summed E-state index contributed by atoms with van der Waals surface area (Å²) in [5.74, 6) is 0.845. The molecule has 1 aliphatic heterocycles. The van der Waals surface area contributed by atoms with Crippen molar-refractivity contribution in [3.8, 4) is 0 Å². The Morgan fingerprint density at radius 3 is 2.71 bits per heavy atom. The number of aliphatic imine (C=N–C) groups is 1. The average molecular weight is 346 g/mol. The first-order valence-corrected chi connectivity index (χ1v) is 9.21. The molecule has 2 rings (SSSR count). The predicted molar refractivity (Wildman–Crippen MR) is 105 cm³/mol. The van der Waals surface area contributed by atoms with Crippen LogP contribution in [0.5, 0.6) is 0 Å². The highest BCUT2D eigenvalue weighted by Gasteiger charge is 2.27. The Morgan fingerprint density at radius 1 is 1.29 bits per heavy atom. The fraction of sp³-hybridized carbons (Fsp3) is 0.474. The van der Waals surface area contributed by atoms with Crippen LogP contribution in [0.25, 0.3) is 0 Å². The fourth-order valence-electron chi connectivity index (χ4n) is 2.61. The van der Waals surface area contributed by atoms with E-state index < -0.39 is 0 Å². The van der Waals surface area contributed by atoms with Crippen LogP contribution in [-0.4, -0.2) is 28.8 Å². The van der Waals surface area contributed by atoms with E-state index in [9.17, 15) is 5.11 Å². The zero-order valence-electron chi connectivity index (χ0n) is 15.1. The lowest BCUT2D eigenvalue weighted by Gasteiger charge is -2.29. The van der Waals surface area contributed by atoms with Gasteiger partial charge in [0.2, 0.25) is 0 Å². The van der Waals surface area contributed by atoms with Crippen molar-refractivity contribution >= 4 is 23.1 Å². The summed E-state index contributed by atoms with van der Waals surface area (Å²) in [6.07, 6.45) is 3.82. The van der Waals surface area contributed by atoms with E-state index in [2.05, 4.69) is 60.6 Å². The summed E-state index contributed by atoms with van der Waals surface area (Å²) in [6.45, 7) is 10.6. The maximum atomic E-state index is 9.46. The molecule has 1 heterocycles. The molecule has 1 aromatic carbocycles. The predicted octanol–water partition coefficient (Wildman–Crippen LogP) is 3.77. The molecule has 130 valence electrons. The van der Waals surface area contributed by atoms with Crippen LogP contribution in [0.1, 0.15) is 37.5 Å². The molecule has 0 aromatic heterocycles. The average Bonchev–Trinajstić information content (AvgIpc) is 2.55. The molecule has 2 unspecified atom stereocenters. The van der Waals surface area contributed by atoms with E-state index in [4.69, 9.17) is 0 Å². The van der Waals surface area contributed by atoms with E-state index in [1.807, 2.05) is 13.8 Å². The first kappa shape index (κ1) is 18.7. The monoisotopic (exact) mass is 345 g/mol. The van der Waals surface area contributed by atoms with E-state index in [0.29, 0.717) is 0 Å². The zero-order chi connectivity index (χ0) is 17.7. The third-order valence-electron chi connectivity index (χ3n) is 4.41. The number of hydrazone groups is 1. The number of hydrogen-bond acceptors (Lipinski definition) is 5. The van der Waals surface area contributed by atoms with Crippen LogP contribution in [0.4, 0.5) is 0 Å². The first-order chi connectivity index (χ1) is 11.4. The minimum Gasteiger partial charge on any atom is -0.396 e. The Balaban J connectivity index is 2.42. The summed E-state index contributed by atoms with van der Waals surface area (Å²) in [6, 6.07) is 6.64. The molecule has 2 atom stereocenters. The van der Waals surface area contributed by atoms with E-state index in [-0.39, 0.29) is 17.9 Å². The molecule has 4 nitrogen and oxygen atoms in total. The van der Waals surface area contributed by atoms with Gasteiger partial charge in [0.05, 0.1) is 11.7 Å². The van der Waals surface area contributed by atoms with Gasteiger partial charge in [-0.05, 0) is 37.5 Å². The fourth-order valence-corrected chi connectivity index (χ4v) is 3.79. The highest BCUT2D eigenvalue weighted by atomic mass is 32.2. The van der Waals surface area contributed by atoms with Crippen LogP contribution in [0.15, 0.2) is 40.1 Å². The third-order valence-corrected chi connectivity index (χ3v) is 5.94. The van der Waals surface area contributed by atoms with Crippen LogP contribution in [0, 0.1) is 19.8 Å². The Morgan fingerprint density at radius 2 is 2.04 bits per heavy atom. The summed E-state index contributed by atoms with van der Waals surface area (Å²) in [5, 5.41) is 14.7. The van der Waals surface area contributed by atoms with Gasteiger partial charge in [-0.3, -0.25) is 5.43 Å². The van der Waals surface area contributed by atoms with Gasteiger partial charge in [0, 0.05) is 22.8 Å². The Labute approximate surface area is 149 Å². The Hall–Kier alpha value is -1.59. The molecule has 1 aliphatic rings. The largest absolute Gasteiger partial charge is 0.396 e. The Bertz CT molecular complexity index is 681. The number of hydrogen-bond donors (Lipinski definition) is 2. The second kappa shape index (κ2) is 7.99. The number of aliphatic hydroxyl groups excluding tert-OH is 1. The molecule has 0 fully saturated rings. The van der Waals surface area contributed by atoms with Crippen molar-refractivity contribution in [2.24, 2.45) is 16.0 Å².